The first-order valence-corrected chi connectivity index (χ1v) is 43.8. The molecule has 43 heteroatoms. The fourth-order valence-electron chi connectivity index (χ4n) is 12.7. The second kappa shape index (κ2) is 63.0. The molecule has 1 aliphatic carbocycles. The molecule has 0 radical (unpaired) electrons. The van der Waals surface area contributed by atoms with Crippen molar-refractivity contribution in [3.8, 4) is 0 Å². The number of ether oxygens (including phenoxy) is 7. The number of likely N-dealkylation sites (tertiary alicyclic amines) is 1. The number of halogens is 3. The number of carbonyl (C=O) groups is 15. The van der Waals surface area contributed by atoms with E-state index in [1.54, 1.807) is 47.4 Å². The van der Waals surface area contributed by atoms with E-state index in [0.717, 1.165) is 81.4 Å². The predicted octanol–water partition coefficient (Wildman–Crippen LogP) is 6.93. The summed E-state index contributed by atoms with van der Waals surface area (Å²) in [5.74, 6) is -4.77. The third-order valence-corrected chi connectivity index (χ3v) is 20.2. The summed E-state index contributed by atoms with van der Waals surface area (Å²) < 4.78 is 60.2. The third kappa shape index (κ3) is 41.5. The summed E-state index contributed by atoms with van der Waals surface area (Å²) in [5.41, 5.74) is 6.94. The van der Waals surface area contributed by atoms with Gasteiger partial charge in [-0.2, -0.15) is 18.6 Å². The monoisotopic (exact) mass is 1970 g/mol. The lowest BCUT2D eigenvalue weighted by molar-refractivity contribution is -0.644. The van der Waals surface area contributed by atoms with Crippen LogP contribution in [0.4, 0.5) is 13.6 Å². The number of para-hydroxylation sites is 2. The van der Waals surface area contributed by atoms with Gasteiger partial charge >= 0.3 is 54.4 Å². The average Bonchev–Trinajstić information content (AvgIpc) is 1.25. The highest BCUT2D eigenvalue weighted by atomic mass is 35.5. The molecule has 1 saturated heterocycles. The number of hydrogen-bond acceptors (Lipinski definition) is 27. The first kappa shape index (κ1) is 115. The van der Waals surface area contributed by atoms with Crippen molar-refractivity contribution in [1.29, 1.82) is 0 Å². The minimum absolute atomic E-state index is 0.0147. The standard InChI is InChI=1S/C17H18N2O4.C17H20N2O4.C16H17NO3.C13H14ClNO4.C13H18N4O3.C12H14N2O4.C10H11F2N3O3/c1-12-10-16(21)19(14-7-4-3-6-13(12)14)11-15(20)18-9-5-8-17(22)23-2;1-23-17(22)8-5-9-18-15(20)12-19-11-14(10-16(19)21)13-6-3-2-4-7-13;1-11-12-7-3-4-8-13(12)17-16(11)14(18)9-5-6-10-15(19)20-2;1-19-11(16)3-2-8-15-13(18)12(17)9-4-6-10(14)7-5-9;1-9-5-6-10-11(8-9)17(16-15-10)13(19)14-7-3-4-12(18)20-2;1-18-12(17)6-4-7-13-10(15)9-14-8-3-2-5-11(14)16;1-18-8(16)3-2-5-13-9(17)7-4-6-14-15(7)10(11)12/h3-8,10H,9,11H2,1-2H3,(H,18,20);2-8,14H,9-12H2,1H3,(H,18,20);3-4,6-8,10,17H,5,9H2,1-2H3;2-7,12,17H,8H2,1H3,(H,15,18);3-4,9H,5-8H2,1-2H3,(H,14,19);2-6,8H,7,9H2,1H3,(H,13,15);2-4,6,10H,5H2,1H3,(H,13,17)/p+1/b2*8-5+;10-6+;3-2+;4-3+;6-4+;3-2+. The normalized spacial score (nSPS) is 13.1. The number of aliphatic hydroxyl groups excluding tert-OH is 1. The zero-order chi connectivity index (χ0) is 104. The number of H-pyrrole nitrogens is 2. The Morgan fingerprint density at radius 1 is 0.546 bits per heavy atom. The van der Waals surface area contributed by atoms with Gasteiger partial charge in [-0.05, 0) is 102 Å². The van der Waals surface area contributed by atoms with E-state index in [1.807, 2.05) is 92.7 Å². The Labute approximate surface area is 813 Å². The Kier molecular flexibility index (Phi) is 51.4. The molecule has 3 atom stereocenters. The molecule has 0 bridgehead atoms. The molecule has 6 heterocycles. The van der Waals surface area contributed by atoms with Crippen LogP contribution in [-0.4, -0.2) is 235 Å². The molecule has 40 nitrogen and oxygen atoms in total. The van der Waals surface area contributed by atoms with Gasteiger partial charge < -0.3 is 79.3 Å². The number of rotatable bonds is 34. The molecule has 7 amide bonds. The summed E-state index contributed by atoms with van der Waals surface area (Å²) in [7, 11) is 8.94. The Hall–Kier alpha value is -16.5. The van der Waals surface area contributed by atoms with Gasteiger partial charge in [0.25, 0.3) is 22.9 Å². The molecular weight excluding hydrogens is 1860 g/mol. The largest absolute Gasteiger partial charge is 0.466 e. The lowest BCUT2D eigenvalue weighted by Crippen LogP contribution is -2.54. The second-order valence-electron chi connectivity index (χ2n) is 29.9. The lowest BCUT2D eigenvalue weighted by Gasteiger charge is -2.16. The number of amides is 7. The first-order chi connectivity index (χ1) is 67.6. The molecule has 1 aliphatic heterocycles. The van der Waals surface area contributed by atoms with Crippen molar-refractivity contribution in [3.63, 3.8) is 0 Å². The van der Waals surface area contributed by atoms with Crippen LogP contribution in [-0.2, 0) is 117 Å². The van der Waals surface area contributed by atoms with Crippen molar-refractivity contribution in [2.24, 2.45) is 5.92 Å². The zero-order valence-corrected chi connectivity index (χ0v) is 79.8. The van der Waals surface area contributed by atoms with E-state index < -0.39 is 66.3 Å². The van der Waals surface area contributed by atoms with E-state index >= 15 is 0 Å². The molecule has 5 aromatic heterocycles. The molecule has 141 heavy (non-hydrogen) atoms. The van der Waals surface area contributed by atoms with Gasteiger partial charge in [0.05, 0.1) is 74.1 Å². The molecule has 1 fully saturated rings. The van der Waals surface area contributed by atoms with E-state index in [9.17, 15) is 95.4 Å². The smallest absolute Gasteiger partial charge is 0.458 e. The Morgan fingerprint density at radius 2 is 1.03 bits per heavy atom. The van der Waals surface area contributed by atoms with Crippen molar-refractivity contribution < 1.29 is 124 Å². The number of pyridine rings is 2. The number of esters is 7. The lowest BCUT2D eigenvalue weighted by atomic mass is 9.91. The molecular formula is C98H113ClF2N15O25+. The number of alkyl halides is 2. The predicted molar refractivity (Wildman–Crippen MR) is 512 cm³/mol. The topological polar surface area (TPSA) is 526 Å². The van der Waals surface area contributed by atoms with Crippen molar-refractivity contribution >= 4 is 122 Å². The molecule has 2 aliphatic rings. The maximum atomic E-state index is 12.4. The number of benzene rings is 4. The Bertz CT molecular complexity index is 6100. The quantitative estimate of drug-likeness (QED) is 0.00648. The van der Waals surface area contributed by atoms with Crippen LogP contribution in [0.25, 0.3) is 21.8 Å². The van der Waals surface area contributed by atoms with Crippen LogP contribution in [0.3, 0.4) is 0 Å². The number of fused-ring (bicyclic) bond motifs is 3. The van der Waals surface area contributed by atoms with E-state index in [4.69, 9.17) is 11.6 Å². The van der Waals surface area contributed by atoms with Crippen LogP contribution < -0.4 is 47.7 Å². The fraction of sp³-hybridized carbons (Fsp3) is 0.306. The molecule has 11 rings (SSSR count). The maximum absolute atomic E-state index is 12.4. The van der Waals surface area contributed by atoms with Crippen molar-refractivity contribution in [2.45, 2.75) is 91.0 Å². The molecule has 4 aromatic carbocycles. The summed E-state index contributed by atoms with van der Waals surface area (Å²) in [4.78, 5) is 199. The molecule has 0 spiro atoms. The highest BCUT2D eigenvalue weighted by Crippen LogP contribution is 2.29. The van der Waals surface area contributed by atoms with Gasteiger partial charge in [-0.15, -0.1) is 5.21 Å². The number of allylic oxidation sites excluding steroid dienone is 1. The van der Waals surface area contributed by atoms with Crippen molar-refractivity contribution in [2.75, 3.05) is 102 Å². The van der Waals surface area contributed by atoms with Gasteiger partial charge in [-0.1, -0.05) is 145 Å². The average molecular weight is 1970 g/mol. The number of hydrogen-bond donors (Lipinski definition) is 9. The van der Waals surface area contributed by atoms with Gasteiger partial charge in [0, 0.05) is 159 Å². The summed E-state index contributed by atoms with van der Waals surface area (Å²) in [6.07, 6.45) is 24.5. The summed E-state index contributed by atoms with van der Waals surface area (Å²) in [6.45, 7) is 4.55. The minimum atomic E-state index is -2.88. The van der Waals surface area contributed by atoms with Gasteiger partial charge in [0.2, 0.25) is 23.6 Å². The van der Waals surface area contributed by atoms with E-state index in [-0.39, 0.29) is 117 Å². The highest BCUT2D eigenvalue weighted by Gasteiger charge is 2.33. The van der Waals surface area contributed by atoms with Crippen LogP contribution in [0.15, 0.2) is 241 Å². The zero-order valence-electron chi connectivity index (χ0n) is 79.1. The Balaban J connectivity index is 0.000000291. The fourth-order valence-corrected chi connectivity index (χ4v) is 12.8. The number of nitrogens with zero attached hydrogens (tertiary/aromatic N) is 7. The number of ketones is 1. The number of Topliss-reactive ketones (excluding diaryl/α,β-unsaturated/α-hetero) is 1. The number of aromatic nitrogens is 8. The minimum Gasteiger partial charge on any atom is -0.466 e. The molecule has 0 saturated carbocycles. The van der Waals surface area contributed by atoms with Crippen LogP contribution in [0.2, 0.25) is 5.02 Å². The van der Waals surface area contributed by atoms with Gasteiger partial charge in [-0.3, -0.25) is 53.0 Å². The molecule has 9 N–H and O–H groups in total. The summed E-state index contributed by atoms with van der Waals surface area (Å²) in [5, 5.41) is 37.8. The van der Waals surface area contributed by atoms with Crippen LogP contribution >= 0.6 is 11.6 Å². The number of nitrogens with one attached hydrogen (secondary N) is 8. The highest BCUT2D eigenvalue weighted by molar-refractivity contribution is 6.30. The molecule has 3 unspecified atom stereocenters. The molecule has 750 valence electrons. The van der Waals surface area contributed by atoms with Gasteiger partial charge in [0.1, 0.15) is 24.5 Å². The Morgan fingerprint density at radius 3 is 1.56 bits per heavy atom. The number of aryl methyl sites for hydroxylation is 3. The number of aliphatic hydroxyl groups is 1. The van der Waals surface area contributed by atoms with Crippen LogP contribution in [0.1, 0.15) is 106 Å². The number of carbonyl (C=O) groups excluding carboxylic acids is 15. The van der Waals surface area contributed by atoms with Gasteiger partial charge in [-0.25, -0.2) is 38.4 Å². The molecule has 9 aromatic rings. The van der Waals surface area contributed by atoms with Crippen molar-refractivity contribution in [3.05, 3.63) is 302 Å². The second-order valence-corrected chi connectivity index (χ2v) is 30.3. The van der Waals surface area contributed by atoms with E-state index in [1.165, 1.54) is 161 Å². The van der Waals surface area contributed by atoms with Crippen LogP contribution in [0.5, 0.6) is 0 Å². The number of methoxy groups -OCH3 is 7. The first-order valence-electron chi connectivity index (χ1n) is 43.4. The van der Waals surface area contributed by atoms with Gasteiger partial charge in [0.15, 0.2) is 17.6 Å². The summed E-state index contributed by atoms with van der Waals surface area (Å²) in [6, 6.07) is 38.5. The SMILES string of the molecule is COC(=O)/C=C/CCC(=O)c1[nH]c2ccccc2c1C.COC(=O)/C=C/CNC(=O)C(O)c1ccc(Cl)cc1.COC(=O)/C=C/CNC(=O)CN1CC(c2ccccc2)CC1=O.COC(=O)/C=C/CNC(=O)Cn1c(=O)cc(C)c2ccccc21.COC(=O)/C=C/CNC(=O)Cn1ccccc1=O.COC(=O)/C=C/CNC(=O)[n+]1[nH]nc2c1CC(C)CC2.COC(=O)/C=C/CNC(=O)c1ccnn1C(F)F. The third-order valence-electron chi connectivity index (χ3n) is 20.0. The van der Waals surface area contributed by atoms with Crippen molar-refractivity contribution in [1.82, 2.24) is 71.0 Å². The van der Waals surface area contributed by atoms with Crippen LogP contribution in [0, 0.1) is 19.8 Å². The number of aromatic amines is 2. The van der Waals surface area contributed by atoms with E-state index in [0.29, 0.717) is 52.7 Å². The van der Waals surface area contributed by atoms with E-state index in [2.05, 4.69) is 92.4 Å². The maximum Gasteiger partial charge on any atom is 0.458 e. The summed E-state index contributed by atoms with van der Waals surface area (Å²) >= 11 is 5.71.